The first-order valence-corrected chi connectivity index (χ1v) is 4.95. The van der Waals surface area contributed by atoms with Gasteiger partial charge in [0.2, 0.25) is 5.88 Å². The van der Waals surface area contributed by atoms with Gasteiger partial charge >= 0.3 is 5.97 Å². The lowest BCUT2D eigenvalue weighted by Crippen LogP contribution is -2.09. The van der Waals surface area contributed by atoms with Crippen molar-refractivity contribution in [3.8, 4) is 5.88 Å². The molecule has 0 saturated carbocycles. The van der Waals surface area contributed by atoms with Gasteiger partial charge in [0.15, 0.2) is 0 Å². The fourth-order valence-electron chi connectivity index (χ4n) is 1.25. The molecule has 0 fully saturated rings. The van der Waals surface area contributed by atoms with Crippen LogP contribution in [0, 0.1) is 6.92 Å². The maximum Gasteiger partial charge on any atom is 0.344 e. The number of carbonyl (C=O) groups is 1. The average molecular weight is 213 g/mol. The fourth-order valence-corrected chi connectivity index (χ4v) is 1.25. The monoisotopic (exact) mass is 213 g/mol. The van der Waals surface area contributed by atoms with E-state index in [1.165, 1.54) is 0 Å². The second kappa shape index (κ2) is 4.57. The molecule has 1 heterocycles. The van der Waals surface area contributed by atoms with Gasteiger partial charge in [-0.1, -0.05) is 23.8 Å². The highest BCUT2D eigenvalue weighted by molar-refractivity contribution is 5.90. The van der Waals surface area contributed by atoms with Crippen molar-refractivity contribution in [3.05, 3.63) is 59.8 Å². The van der Waals surface area contributed by atoms with E-state index in [1.807, 2.05) is 19.1 Å². The number of hydrogen-bond acceptors (Lipinski definition) is 3. The predicted octanol–water partition coefficient (Wildman–Crippen LogP) is 2.61. The minimum Gasteiger partial charge on any atom is -0.404 e. The first-order valence-electron chi connectivity index (χ1n) is 4.95. The molecule has 0 radical (unpaired) electrons. The van der Waals surface area contributed by atoms with Crippen molar-refractivity contribution < 1.29 is 9.53 Å². The Morgan fingerprint density at radius 1 is 1.12 bits per heavy atom. The summed E-state index contributed by atoms with van der Waals surface area (Å²) in [4.78, 5) is 15.6. The third-order valence-electron chi connectivity index (χ3n) is 2.12. The van der Waals surface area contributed by atoms with Crippen LogP contribution >= 0.6 is 0 Å². The van der Waals surface area contributed by atoms with E-state index in [-0.39, 0.29) is 0 Å². The van der Waals surface area contributed by atoms with Gasteiger partial charge in [-0.2, -0.15) is 0 Å². The molecular weight excluding hydrogens is 202 g/mol. The molecule has 0 aliphatic heterocycles. The van der Waals surface area contributed by atoms with Crippen molar-refractivity contribution in [1.29, 1.82) is 0 Å². The third-order valence-corrected chi connectivity index (χ3v) is 2.12. The zero-order chi connectivity index (χ0) is 11.4. The largest absolute Gasteiger partial charge is 0.404 e. The fraction of sp³-hybridized carbons (Fsp3) is 0.0769. The van der Waals surface area contributed by atoms with Crippen molar-refractivity contribution >= 4 is 5.97 Å². The second-order valence-corrected chi connectivity index (χ2v) is 3.42. The smallest absolute Gasteiger partial charge is 0.344 e. The molecule has 2 aromatic rings. The Morgan fingerprint density at radius 2 is 1.88 bits per heavy atom. The van der Waals surface area contributed by atoms with Crippen molar-refractivity contribution in [2.24, 2.45) is 0 Å². The SMILES string of the molecule is Cc1ccc(C(=O)Oc2ccccn2)cc1. The number of nitrogens with zero attached hydrogens (tertiary/aromatic N) is 1. The van der Waals surface area contributed by atoms with Crippen LogP contribution in [-0.2, 0) is 0 Å². The van der Waals surface area contributed by atoms with Gasteiger partial charge in [0.05, 0.1) is 5.56 Å². The molecule has 1 aromatic carbocycles. The highest BCUT2D eigenvalue weighted by Crippen LogP contribution is 2.09. The molecule has 0 aliphatic carbocycles. The van der Waals surface area contributed by atoms with Gasteiger partial charge < -0.3 is 4.74 Å². The molecule has 0 bridgehead atoms. The molecule has 2 rings (SSSR count). The minimum atomic E-state index is -0.390. The minimum absolute atomic E-state index is 0.313. The molecular formula is C13H11NO2. The van der Waals surface area contributed by atoms with Gasteiger partial charge in [0.1, 0.15) is 0 Å². The van der Waals surface area contributed by atoms with E-state index >= 15 is 0 Å². The standard InChI is InChI=1S/C13H11NO2/c1-10-5-7-11(8-6-10)13(15)16-12-4-2-3-9-14-12/h2-9H,1H3. The van der Waals surface area contributed by atoms with Gasteiger partial charge in [-0.05, 0) is 25.1 Å². The Kier molecular flexibility index (Phi) is 2.96. The van der Waals surface area contributed by atoms with Crippen molar-refractivity contribution in [1.82, 2.24) is 4.98 Å². The predicted molar refractivity (Wildman–Crippen MR) is 60.4 cm³/mol. The summed E-state index contributed by atoms with van der Waals surface area (Å²) >= 11 is 0. The Labute approximate surface area is 93.7 Å². The van der Waals surface area contributed by atoms with Crippen LogP contribution in [0.25, 0.3) is 0 Å². The zero-order valence-electron chi connectivity index (χ0n) is 8.88. The van der Waals surface area contributed by atoms with Crippen LogP contribution in [0.5, 0.6) is 5.88 Å². The maximum absolute atomic E-state index is 11.7. The van der Waals surface area contributed by atoms with E-state index in [1.54, 1.807) is 36.5 Å². The summed E-state index contributed by atoms with van der Waals surface area (Å²) in [5.74, 6) is -0.0771. The molecule has 0 N–H and O–H groups in total. The number of hydrogen-bond donors (Lipinski definition) is 0. The summed E-state index contributed by atoms with van der Waals surface area (Å²) < 4.78 is 5.09. The maximum atomic E-state index is 11.7. The summed E-state index contributed by atoms with van der Waals surface area (Å²) in [6, 6.07) is 12.4. The highest BCUT2D eigenvalue weighted by Gasteiger charge is 2.07. The number of carbonyl (C=O) groups excluding carboxylic acids is 1. The van der Waals surface area contributed by atoms with Crippen LogP contribution in [0.3, 0.4) is 0 Å². The molecule has 80 valence electrons. The van der Waals surface area contributed by atoms with E-state index in [0.29, 0.717) is 11.4 Å². The van der Waals surface area contributed by atoms with Gasteiger partial charge in [-0.25, -0.2) is 9.78 Å². The van der Waals surface area contributed by atoms with E-state index < -0.39 is 5.97 Å². The Hall–Kier alpha value is -2.16. The lowest BCUT2D eigenvalue weighted by atomic mass is 10.1. The van der Waals surface area contributed by atoms with E-state index in [2.05, 4.69) is 4.98 Å². The van der Waals surface area contributed by atoms with Crippen LogP contribution in [0.2, 0.25) is 0 Å². The van der Waals surface area contributed by atoms with Crippen LogP contribution in [-0.4, -0.2) is 11.0 Å². The third kappa shape index (κ3) is 2.45. The Bertz CT molecular complexity index is 477. The molecule has 0 aliphatic rings. The first-order chi connectivity index (χ1) is 7.75. The van der Waals surface area contributed by atoms with Crippen LogP contribution in [0.1, 0.15) is 15.9 Å². The average Bonchev–Trinajstić information content (AvgIpc) is 2.31. The lowest BCUT2D eigenvalue weighted by Gasteiger charge is -2.02. The van der Waals surface area contributed by atoms with Crippen LogP contribution in [0.4, 0.5) is 0 Å². The number of rotatable bonds is 2. The highest BCUT2D eigenvalue weighted by atomic mass is 16.5. The van der Waals surface area contributed by atoms with Crippen molar-refractivity contribution in [2.75, 3.05) is 0 Å². The summed E-state index contributed by atoms with van der Waals surface area (Å²) in [5, 5.41) is 0. The van der Waals surface area contributed by atoms with Gasteiger partial charge in [0, 0.05) is 12.3 Å². The number of aryl methyl sites for hydroxylation is 1. The number of ether oxygens (including phenoxy) is 1. The van der Waals surface area contributed by atoms with E-state index in [9.17, 15) is 4.79 Å². The number of esters is 1. The number of pyridine rings is 1. The second-order valence-electron chi connectivity index (χ2n) is 3.42. The Balaban J connectivity index is 2.12. The molecule has 0 amide bonds. The van der Waals surface area contributed by atoms with Gasteiger partial charge in [-0.15, -0.1) is 0 Å². The Morgan fingerprint density at radius 3 is 2.50 bits per heavy atom. The van der Waals surface area contributed by atoms with Crippen LogP contribution in [0.15, 0.2) is 48.7 Å². The van der Waals surface area contributed by atoms with Gasteiger partial charge in [-0.3, -0.25) is 0 Å². The summed E-state index contributed by atoms with van der Waals surface area (Å²) in [6.45, 7) is 1.97. The number of benzene rings is 1. The molecule has 3 heteroatoms. The normalized spacial score (nSPS) is 9.81. The molecule has 0 unspecified atom stereocenters. The number of aromatic nitrogens is 1. The van der Waals surface area contributed by atoms with Gasteiger partial charge in [0.25, 0.3) is 0 Å². The molecule has 0 saturated heterocycles. The molecule has 16 heavy (non-hydrogen) atoms. The molecule has 0 spiro atoms. The van der Waals surface area contributed by atoms with E-state index in [4.69, 9.17) is 4.74 Å². The van der Waals surface area contributed by atoms with E-state index in [0.717, 1.165) is 5.56 Å². The lowest BCUT2D eigenvalue weighted by molar-refractivity contribution is 0.0727. The molecule has 1 aromatic heterocycles. The summed E-state index contributed by atoms with van der Waals surface area (Å²) in [7, 11) is 0. The zero-order valence-corrected chi connectivity index (χ0v) is 8.88. The van der Waals surface area contributed by atoms with Crippen molar-refractivity contribution in [3.63, 3.8) is 0 Å². The topological polar surface area (TPSA) is 39.2 Å². The molecule has 3 nitrogen and oxygen atoms in total. The van der Waals surface area contributed by atoms with Crippen LogP contribution < -0.4 is 4.74 Å². The van der Waals surface area contributed by atoms with Crippen molar-refractivity contribution in [2.45, 2.75) is 6.92 Å². The quantitative estimate of drug-likeness (QED) is 0.720. The molecule has 0 atom stereocenters. The summed E-state index contributed by atoms with van der Waals surface area (Å²) in [6.07, 6.45) is 1.58. The first kappa shape index (κ1) is 10.4. The summed E-state index contributed by atoms with van der Waals surface area (Å²) in [5.41, 5.74) is 1.63.